The number of carbonyl (C=O) groups is 2. The maximum Gasteiger partial charge on any atom is 0.230 e. The van der Waals surface area contributed by atoms with Crippen LogP contribution in [-0.4, -0.2) is 74.1 Å². The van der Waals surface area contributed by atoms with Crippen LogP contribution in [0.15, 0.2) is 47.8 Å². The lowest BCUT2D eigenvalue weighted by molar-refractivity contribution is -0.131. The van der Waals surface area contributed by atoms with E-state index in [1.807, 2.05) is 40.6 Å². The summed E-state index contributed by atoms with van der Waals surface area (Å²) in [5.74, 6) is 1.51. The van der Waals surface area contributed by atoms with Crippen LogP contribution in [0.5, 0.6) is 0 Å². The highest BCUT2D eigenvalue weighted by Gasteiger charge is 2.23. The van der Waals surface area contributed by atoms with Crippen molar-refractivity contribution < 1.29 is 9.59 Å². The Bertz CT molecular complexity index is 1280. The van der Waals surface area contributed by atoms with Crippen LogP contribution < -0.4 is 21.3 Å². The molecule has 2 amide bonds. The first-order chi connectivity index (χ1) is 20.6. The Morgan fingerprint density at radius 2 is 1.56 bits per heavy atom. The number of fused-ring (bicyclic) bond motifs is 1. The first-order valence-electron chi connectivity index (χ1n) is 15.7. The number of nitrogens with zero attached hydrogens (tertiary/aromatic N) is 2. The number of rotatable bonds is 14. The highest BCUT2D eigenvalue weighted by atomic mass is 35.5. The standard InChI is InChI=1S/C33H46N6O2S.ClH/c40-31(20-28-8-5-7-27-6-1-2-9-30(27)28)38-33-37-29(24-42-33)21-32(41)39-18-12-26(13-19-39)23-36-15-4-3-14-35-22-25-10-16-34-17-11-25;/h1-2,5-9,24-26,34-36H,3-4,10-23H2,(H,37,38,40);1H. The van der Waals surface area contributed by atoms with Crippen molar-refractivity contribution in [1.29, 1.82) is 0 Å². The number of likely N-dealkylation sites (tertiary alicyclic amines) is 1. The van der Waals surface area contributed by atoms with E-state index in [0.29, 0.717) is 11.0 Å². The van der Waals surface area contributed by atoms with Gasteiger partial charge in [0.05, 0.1) is 18.5 Å². The first-order valence-corrected chi connectivity index (χ1v) is 16.6. The van der Waals surface area contributed by atoms with E-state index in [4.69, 9.17) is 0 Å². The topological polar surface area (TPSA) is 98.4 Å². The van der Waals surface area contributed by atoms with E-state index < -0.39 is 0 Å². The van der Waals surface area contributed by atoms with Crippen molar-refractivity contribution in [3.05, 3.63) is 59.1 Å². The monoisotopic (exact) mass is 626 g/mol. The van der Waals surface area contributed by atoms with E-state index in [9.17, 15) is 9.59 Å². The van der Waals surface area contributed by atoms with Crippen LogP contribution in [0.25, 0.3) is 10.8 Å². The number of unbranched alkanes of at least 4 members (excludes halogenated alkanes) is 1. The van der Waals surface area contributed by atoms with Gasteiger partial charge in [-0.05, 0) is 106 Å². The number of amides is 2. The van der Waals surface area contributed by atoms with E-state index in [-0.39, 0.29) is 37.1 Å². The van der Waals surface area contributed by atoms with Gasteiger partial charge in [0, 0.05) is 18.5 Å². The van der Waals surface area contributed by atoms with E-state index in [1.165, 1.54) is 56.7 Å². The van der Waals surface area contributed by atoms with Crippen LogP contribution in [0.4, 0.5) is 5.13 Å². The zero-order chi connectivity index (χ0) is 29.0. The summed E-state index contributed by atoms with van der Waals surface area (Å²) in [5, 5.41) is 18.3. The number of nitrogens with one attached hydrogen (secondary N) is 4. The Hall–Kier alpha value is -2.56. The smallest absolute Gasteiger partial charge is 0.230 e. The maximum atomic E-state index is 12.9. The van der Waals surface area contributed by atoms with Crippen LogP contribution in [0.3, 0.4) is 0 Å². The van der Waals surface area contributed by atoms with Crippen molar-refractivity contribution >= 4 is 51.5 Å². The van der Waals surface area contributed by atoms with Crippen molar-refractivity contribution in [3.63, 3.8) is 0 Å². The molecule has 1 aromatic heterocycles. The van der Waals surface area contributed by atoms with Gasteiger partial charge in [0.1, 0.15) is 0 Å². The summed E-state index contributed by atoms with van der Waals surface area (Å²) in [6, 6.07) is 14.1. The molecule has 2 aromatic carbocycles. The third kappa shape index (κ3) is 10.5. The van der Waals surface area contributed by atoms with Gasteiger partial charge in [0.2, 0.25) is 11.8 Å². The number of hydrogen-bond acceptors (Lipinski definition) is 7. The van der Waals surface area contributed by atoms with Gasteiger partial charge < -0.3 is 26.2 Å². The van der Waals surface area contributed by atoms with Crippen LogP contribution in [-0.2, 0) is 22.4 Å². The van der Waals surface area contributed by atoms with Gasteiger partial charge in [-0.25, -0.2) is 4.98 Å². The lowest BCUT2D eigenvalue weighted by atomic mass is 9.96. The summed E-state index contributed by atoms with van der Waals surface area (Å²) in [6.07, 6.45) is 7.69. The van der Waals surface area contributed by atoms with Crippen molar-refractivity contribution in [2.75, 3.05) is 57.7 Å². The third-order valence-corrected chi connectivity index (χ3v) is 9.42. The molecule has 2 saturated heterocycles. The van der Waals surface area contributed by atoms with Crippen molar-refractivity contribution in [2.24, 2.45) is 11.8 Å². The summed E-state index contributed by atoms with van der Waals surface area (Å²) < 4.78 is 0. The van der Waals surface area contributed by atoms with Crippen molar-refractivity contribution in [2.45, 2.75) is 51.4 Å². The van der Waals surface area contributed by atoms with Crippen molar-refractivity contribution in [1.82, 2.24) is 25.8 Å². The van der Waals surface area contributed by atoms with Gasteiger partial charge in [-0.2, -0.15) is 0 Å². The normalized spacial score (nSPS) is 16.2. The molecule has 8 nitrogen and oxygen atoms in total. The van der Waals surface area contributed by atoms with Crippen molar-refractivity contribution in [3.8, 4) is 0 Å². The number of halogens is 1. The minimum atomic E-state index is -0.0986. The zero-order valence-electron chi connectivity index (χ0n) is 25.1. The molecule has 0 saturated carbocycles. The second-order valence-electron chi connectivity index (χ2n) is 11.8. The molecule has 2 aliphatic heterocycles. The quantitative estimate of drug-likeness (QED) is 0.195. The molecule has 0 spiro atoms. The molecule has 0 bridgehead atoms. The Kier molecular flexibility index (Phi) is 13.7. The molecule has 5 rings (SSSR count). The van der Waals surface area contributed by atoms with Gasteiger partial charge in [-0.3, -0.25) is 9.59 Å². The van der Waals surface area contributed by atoms with E-state index >= 15 is 0 Å². The number of benzene rings is 2. The molecule has 234 valence electrons. The van der Waals surface area contributed by atoms with E-state index in [2.05, 4.69) is 38.4 Å². The molecule has 43 heavy (non-hydrogen) atoms. The molecule has 0 aliphatic carbocycles. The molecule has 2 aliphatic rings. The molecule has 4 N–H and O–H groups in total. The second kappa shape index (κ2) is 17.7. The third-order valence-electron chi connectivity index (χ3n) is 8.61. The zero-order valence-corrected chi connectivity index (χ0v) is 26.7. The lowest BCUT2D eigenvalue weighted by Crippen LogP contribution is -2.41. The van der Waals surface area contributed by atoms with Crippen LogP contribution in [0.1, 0.15) is 49.8 Å². The lowest BCUT2D eigenvalue weighted by Gasteiger charge is -2.32. The number of anilines is 1. The molecule has 0 atom stereocenters. The van der Waals surface area contributed by atoms with Gasteiger partial charge in [0.25, 0.3) is 0 Å². The maximum absolute atomic E-state index is 12.9. The summed E-state index contributed by atoms with van der Waals surface area (Å²) >= 11 is 1.38. The average Bonchev–Trinajstić information content (AvgIpc) is 3.45. The minimum Gasteiger partial charge on any atom is -0.342 e. The number of thiazole rings is 1. The number of carbonyl (C=O) groups excluding carboxylic acids is 2. The van der Waals surface area contributed by atoms with Crippen LogP contribution >= 0.6 is 23.7 Å². The molecule has 0 radical (unpaired) electrons. The number of piperidine rings is 2. The Labute approximate surface area is 266 Å². The van der Waals surface area contributed by atoms with Crippen LogP contribution in [0, 0.1) is 11.8 Å². The number of aromatic nitrogens is 1. The second-order valence-corrected chi connectivity index (χ2v) is 12.7. The fraction of sp³-hybridized carbons (Fsp3) is 0.545. The van der Waals surface area contributed by atoms with Gasteiger partial charge >= 0.3 is 0 Å². The predicted octanol–water partition coefficient (Wildman–Crippen LogP) is 4.64. The van der Waals surface area contributed by atoms with E-state index in [0.717, 1.165) is 73.5 Å². The van der Waals surface area contributed by atoms with Gasteiger partial charge in [-0.1, -0.05) is 42.5 Å². The van der Waals surface area contributed by atoms with E-state index in [1.54, 1.807) is 0 Å². The first kappa shape index (κ1) is 33.3. The molecule has 10 heteroatoms. The summed E-state index contributed by atoms with van der Waals surface area (Å²) in [5.41, 5.74) is 1.71. The van der Waals surface area contributed by atoms with Crippen LogP contribution in [0.2, 0.25) is 0 Å². The molecular formula is C33H47ClN6O2S. The summed E-state index contributed by atoms with van der Waals surface area (Å²) in [4.78, 5) is 32.2. The Morgan fingerprint density at radius 3 is 2.30 bits per heavy atom. The summed E-state index contributed by atoms with van der Waals surface area (Å²) in [6.45, 7) is 8.35. The molecule has 3 aromatic rings. The highest BCUT2D eigenvalue weighted by molar-refractivity contribution is 7.13. The Morgan fingerprint density at radius 1 is 0.884 bits per heavy atom. The predicted molar refractivity (Wildman–Crippen MR) is 179 cm³/mol. The summed E-state index contributed by atoms with van der Waals surface area (Å²) in [7, 11) is 0. The van der Waals surface area contributed by atoms with Gasteiger partial charge in [-0.15, -0.1) is 23.7 Å². The average molecular weight is 627 g/mol. The minimum absolute atomic E-state index is 0. The SMILES string of the molecule is Cl.O=C(Cc1cccc2ccccc12)Nc1nc(CC(=O)N2CCC(CNCCCCNCC3CCNCC3)CC2)cs1. The fourth-order valence-electron chi connectivity index (χ4n) is 6.08. The molecule has 3 heterocycles. The highest BCUT2D eigenvalue weighted by Crippen LogP contribution is 2.22. The van der Waals surface area contributed by atoms with Gasteiger partial charge in [0.15, 0.2) is 5.13 Å². The fourth-order valence-corrected chi connectivity index (χ4v) is 6.81. The molecular weight excluding hydrogens is 580 g/mol. The largest absolute Gasteiger partial charge is 0.342 e. The molecule has 0 unspecified atom stereocenters. The Balaban J connectivity index is 0.00000423. The number of hydrogen-bond donors (Lipinski definition) is 4. The molecule has 2 fully saturated rings.